The van der Waals surface area contributed by atoms with Gasteiger partial charge in [-0.2, -0.15) is 0 Å². The lowest BCUT2D eigenvalue weighted by Crippen LogP contribution is -1.96. The number of benzene rings is 5. The zero-order chi connectivity index (χ0) is 23.1. The molecule has 0 atom stereocenters. The number of hydrogen-bond donors (Lipinski definition) is 0. The van der Waals surface area contributed by atoms with E-state index in [1.54, 1.807) is 14.2 Å². The molecule has 0 saturated heterocycles. The summed E-state index contributed by atoms with van der Waals surface area (Å²) < 4.78 is 10.7. The number of ether oxygens (including phenoxy) is 2. The first-order chi connectivity index (χ1) is 16.7. The van der Waals surface area contributed by atoms with Crippen molar-refractivity contribution in [1.29, 1.82) is 0 Å². The molecular weight excluding hydrogens is 420 g/mol. The van der Waals surface area contributed by atoms with Crippen molar-refractivity contribution in [2.45, 2.75) is 0 Å². The second kappa shape index (κ2) is 8.16. The van der Waals surface area contributed by atoms with Crippen LogP contribution in [0.5, 0.6) is 11.5 Å². The summed E-state index contributed by atoms with van der Waals surface area (Å²) in [5.74, 6) is 1.61. The summed E-state index contributed by atoms with van der Waals surface area (Å²) >= 11 is 0. The molecular formula is C30H22N2O2. The summed E-state index contributed by atoms with van der Waals surface area (Å²) in [6.07, 6.45) is 0. The molecule has 0 amide bonds. The van der Waals surface area contributed by atoms with E-state index >= 15 is 0 Å². The summed E-state index contributed by atoms with van der Waals surface area (Å²) in [5.41, 5.74) is 5.37. The molecule has 1 aromatic heterocycles. The number of aromatic nitrogens is 2. The number of fused-ring (bicyclic) bond motifs is 3. The lowest BCUT2D eigenvalue weighted by Gasteiger charge is -2.12. The number of rotatable bonds is 4. The van der Waals surface area contributed by atoms with Gasteiger partial charge in [0.1, 0.15) is 11.5 Å². The Morgan fingerprint density at radius 1 is 0.471 bits per heavy atom. The monoisotopic (exact) mass is 442 g/mol. The van der Waals surface area contributed by atoms with Crippen LogP contribution in [0.25, 0.3) is 55.1 Å². The maximum absolute atomic E-state index is 5.35. The van der Waals surface area contributed by atoms with Gasteiger partial charge in [0.15, 0.2) is 0 Å². The molecule has 0 radical (unpaired) electrons. The van der Waals surface area contributed by atoms with Crippen molar-refractivity contribution in [2.75, 3.05) is 14.2 Å². The third-order valence-corrected chi connectivity index (χ3v) is 6.21. The van der Waals surface area contributed by atoms with E-state index in [0.29, 0.717) is 0 Å². The van der Waals surface area contributed by atoms with Gasteiger partial charge in [-0.3, -0.25) is 0 Å². The third kappa shape index (κ3) is 3.50. The van der Waals surface area contributed by atoms with Crippen molar-refractivity contribution in [2.24, 2.45) is 0 Å². The minimum Gasteiger partial charge on any atom is -0.497 e. The van der Waals surface area contributed by atoms with E-state index in [2.05, 4.69) is 48.5 Å². The van der Waals surface area contributed by atoms with Gasteiger partial charge in [-0.05, 0) is 94.3 Å². The third-order valence-electron chi connectivity index (χ3n) is 6.21. The molecule has 164 valence electrons. The highest BCUT2D eigenvalue weighted by Crippen LogP contribution is 2.34. The van der Waals surface area contributed by atoms with E-state index in [-0.39, 0.29) is 0 Å². The van der Waals surface area contributed by atoms with Gasteiger partial charge >= 0.3 is 0 Å². The Morgan fingerprint density at radius 3 is 1.26 bits per heavy atom. The smallest absolute Gasteiger partial charge is 0.118 e. The van der Waals surface area contributed by atoms with E-state index in [1.165, 1.54) is 10.8 Å². The largest absolute Gasteiger partial charge is 0.497 e. The molecule has 0 fully saturated rings. The Labute approximate surface area is 197 Å². The SMILES string of the molecule is COc1ccc(-c2nc3cc4cc5ccccc5cc4cc3nc2-c2ccc(OC)cc2)cc1. The first-order valence-electron chi connectivity index (χ1n) is 11.1. The van der Waals surface area contributed by atoms with Crippen LogP contribution in [-0.2, 0) is 0 Å². The van der Waals surface area contributed by atoms with Crippen LogP contribution in [0.3, 0.4) is 0 Å². The Kier molecular flexibility index (Phi) is 4.84. The average Bonchev–Trinajstić information content (AvgIpc) is 2.90. The highest BCUT2D eigenvalue weighted by Gasteiger charge is 2.15. The molecule has 4 heteroatoms. The molecule has 0 aliphatic carbocycles. The van der Waals surface area contributed by atoms with Crippen LogP contribution < -0.4 is 9.47 Å². The standard InChI is InChI=1S/C30H22N2O2/c1-33-25-11-7-19(8-12-25)29-30(20-9-13-26(34-2)14-10-20)32-28-18-24-16-22-6-4-3-5-21(22)15-23(24)17-27(28)31-29/h3-18H,1-2H3. The van der Waals surface area contributed by atoms with Crippen LogP contribution in [0.15, 0.2) is 97.1 Å². The molecule has 6 rings (SSSR count). The van der Waals surface area contributed by atoms with Crippen LogP contribution in [0.4, 0.5) is 0 Å². The van der Waals surface area contributed by atoms with Crippen molar-refractivity contribution >= 4 is 32.6 Å². The molecule has 6 aromatic rings. The number of hydrogen-bond acceptors (Lipinski definition) is 4. The van der Waals surface area contributed by atoms with Gasteiger partial charge in [0.05, 0.1) is 36.6 Å². The molecule has 0 bridgehead atoms. The lowest BCUT2D eigenvalue weighted by molar-refractivity contribution is 0.414. The maximum Gasteiger partial charge on any atom is 0.118 e. The quantitative estimate of drug-likeness (QED) is 0.269. The molecule has 0 unspecified atom stereocenters. The van der Waals surface area contributed by atoms with E-state index in [9.17, 15) is 0 Å². The van der Waals surface area contributed by atoms with Gasteiger partial charge in [0, 0.05) is 11.1 Å². The number of methoxy groups -OCH3 is 2. The maximum atomic E-state index is 5.35. The van der Waals surface area contributed by atoms with E-state index in [4.69, 9.17) is 19.4 Å². The Hall–Kier alpha value is -4.44. The summed E-state index contributed by atoms with van der Waals surface area (Å²) in [5, 5.41) is 4.73. The molecule has 0 N–H and O–H groups in total. The van der Waals surface area contributed by atoms with Crippen molar-refractivity contribution in [3.8, 4) is 34.0 Å². The van der Waals surface area contributed by atoms with Crippen LogP contribution in [0.2, 0.25) is 0 Å². The van der Waals surface area contributed by atoms with Gasteiger partial charge in [0.25, 0.3) is 0 Å². The second-order valence-corrected chi connectivity index (χ2v) is 8.27. The molecule has 0 aliphatic rings. The zero-order valence-electron chi connectivity index (χ0n) is 18.9. The topological polar surface area (TPSA) is 44.2 Å². The summed E-state index contributed by atoms with van der Waals surface area (Å²) in [6, 6.07) is 33.0. The van der Waals surface area contributed by atoms with Crippen LogP contribution in [0.1, 0.15) is 0 Å². The summed E-state index contributed by atoms with van der Waals surface area (Å²) in [6.45, 7) is 0. The fourth-order valence-electron chi connectivity index (χ4n) is 4.39. The van der Waals surface area contributed by atoms with Crippen LogP contribution >= 0.6 is 0 Å². The predicted molar refractivity (Wildman–Crippen MR) is 139 cm³/mol. The Morgan fingerprint density at radius 2 is 0.882 bits per heavy atom. The van der Waals surface area contributed by atoms with Crippen LogP contribution in [0, 0.1) is 0 Å². The van der Waals surface area contributed by atoms with Gasteiger partial charge < -0.3 is 9.47 Å². The van der Waals surface area contributed by atoms with Crippen molar-refractivity contribution in [1.82, 2.24) is 9.97 Å². The molecule has 5 aromatic carbocycles. The fourth-order valence-corrected chi connectivity index (χ4v) is 4.39. The zero-order valence-corrected chi connectivity index (χ0v) is 18.9. The minimum atomic E-state index is 0.807. The molecule has 0 saturated carbocycles. The molecule has 0 spiro atoms. The van der Waals surface area contributed by atoms with Gasteiger partial charge in [-0.25, -0.2) is 9.97 Å². The van der Waals surface area contributed by atoms with Gasteiger partial charge in [0.2, 0.25) is 0 Å². The molecule has 0 aliphatic heterocycles. The van der Waals surface area contributed by atoms with E-state index < -0.39 is 0 Å². The number of nitrogens with zero attached hydrogens (tertiary/aromatic N) is 2. The predicted octanol–water partition coefficient (Wildman–Crippen LogP) is 7.29. The summed E-state index contributed by atoms with van der Waals surface area (Å²) in [4.78, 5) is 10.2. The first-order valence-corrected chi connectivity index (χ1v) is 11.1. The molecule has 4 nitrogen and oxygen atoms in total. The first kappa shape index (κ1) is 20.2. The van der Waals surface area contributed by atoms with Gasteiger partial charge in [-0.1, -0.05) is 24.3 Å². The van der Waals surface area contributed by atoms with E-state index in [1.807, 2.05) is 48.5 Å². The van der Waals surface area contributed by atoms with Crippen molar-refractivity contribution in [3.63, 3.8) is 0 Å². The van der Waals surface area contributed by atoms with E-state index in [0.717, 1.165) is 55.8 Å². The second-order valence-electron chi connectivity index (χ2n) is 8.27. The average molecular weight is 443 g/mol. The minimum absolute atomic E-state index is 0.807. The lowest BCUT2D eigenvalue weighted by atomic mass is 10.0. The Bertz CT molecular complexity index is 1530. The normalized spacial score (nSPS) is 11.2. The highest BCUT2D eigenvalue weighted by molar-refractivity contribution is 6.03. The summed E-state index contributed by atoms with van der Waals surface area (Å²) in [7, 11) is 3.34. The molecule has 34 heavy (non-hydrogen) atoms. The highest BCUT2D eigenvalue weighted by atomic mass is 16.5. The van der Waals surface area contributed by atoms with Gasteiger partial charge in [-0.15, -0.1) is 0 Å². The fraction of sp³-hybridized carbons (Fsp3) is 0.0667. The van der Waals surface area contributed by atoms with Crippen LogP contribution in [-0.4, -0.2) is 24.2 Å². The molecule has 1 heterocycles. The Balaban J connectivity index is 1.61. The van der Waals surface area contributed by atoms with Crippen molar-refractivity contribution in [3.05, 3.63) is 97.1 Å². The van der Waals surface area contributed by atoms with Crippen molar-refractivity contribution < 1.29 is 9.47 Å².